The molecular formula is C16H13N5O4S. The number of nitrogens with two attached hydrogens (primary N) is 1. The Labute approximate surface area is 148 Å². The van der Waals surface area contributed by atoms with Gasteiger partial charge in [0.05, 0.1) is 10.6 Å². The third kappa shape index (κ3) is 2.02. The molecule has 1 aliphatic heterocycles. The Balaban J connectivity index is 2.08. The Morgan fingerprint density at radius 3 is 2.38 bits per heavy atom. The molecule has 0 amide bonds. The molecule has 1 aliphatic rings. The summed E-state index contributed by atoms with van der Waals surface area (Å²) < 4.78 is 28.1. The van der Waals surface area contributed by atoms with Crippen molar-refractivity contribution in [2.75, 3.05) is 17.1 Å². The maximum absolute atomic E-state index is 12.9. The van der Waals surface area contributed by atoms with Gasteiger partial charge < -0.3 is 5.73 Å². The molecule has 0 radical (unpaired) electrons. The lowest BCUT2D eigenvalue weighted by atomic mass is 10.1. The van der Waals surface area contributed by atoms with E-state index >= 15 is 0 Å². The number of anilines is 2. The number of benzene rings is 2. The molecular weight excluding hydrogens is 358 g/mol. The van der Waals surface area contributed by atoms with Gasteiger partial charge in [-0.15, -0.1) is 0 Å². The molecule has 9 nitrogen and oxygen atoms in total. The standard InChI is InChI=1S/C16H13N5O4S/c1-19-11-7-3-2-6-10(11)14-15(26(19,24)25)16(17)20(18-14)12-8-4-5-9-13(12)21(22)23/h2-9H,17H2,1H3. The number of hydrogen-bond donors (Lipinski definition) is 1. The number of fused-ring (bicyclic) bond motifs is 3. The highest BCUT2D eigenvalue weighted by Crippen LogP contribution is 2.44. The van der Waals surface area contributed by atoms with E-state index < -0.39 is 14.9 Å². The molecule has 3 aromatic rings. The van der Waals surface area contributed by atoms with Crippen LogP contribution >= 0.6 is 0 Å². The zero-order valence-corrected chi connectivity index (χ0v) is 14.3. The van der Waals surface area contributed by atoms with E-state index in [1.807, 2.05) is 0 Å². The molecule has 0 atom stereocenters. The Morgan fingerprint density at radius 2 is 1.69 bits per heavy atom. The van der Waals surface area contributed by atoms with Gasteiger partial charge in [-0.2, -0.15) is 5.10 Å². The van der Waals surface area contributed by atoms with Crippen LogP contribution in [0.4, 0.5) is 17.2 Å². The summed E-state index contributed by atoms with van der Waals surface area (Å²) in [6.45, 7) is 0. The van der Waals surface area contributed by atoms with Crippen molar-refractivity contribution in [2.45, 2.75) is 4.90 Å². The molecule has 0 spiro atoms. The second kappa shape index (κ2) is 5.30. The number of nitrogens with zero attached hydrogens (tertiary/aromatic N) is 4. The molecule has 1 aromatic heterocycles. The van der Waals surface area contributed by atoms with Crippen molar-refractivity contribution in [2.24, 2.45) is 0 Å². The van der Waals surface area contributed by atoms with Crippen LogP contribution in [0.1, 0.15) is 0 Å². The van der Waals surface area contributed by atoms with Crippen molar-refractivity contribution in [3.05, 3.63) is 58.6 Å². The molecule has 0 aliphatic carbocycles. The molecule has 4 rings (SSSR count). The van der Waals surface area contributed by atoms with E-state index in [1.54, 1.807) is 30.3 Å². The van der Waals surface area contributed by atoms with Crippen molar-refractivity contribution < 1.29 is 13.3 Å². The lowest BCUT2D eigenvalue weighted by Gasteiger charge is -2.26. The molecule has 0 saturated heterocycles. The average molecular weight is 371 g/mol. The minimum Gasteiger partial charge on any atom is -0.382 e. The van der Waals surface area contributed by atoms with Gasteiger partial charge >= 0.3 is 0 Å². The summed E-state index contributed by atoms with van der Waals surface area (Å²) in [6.07, 6.45) is 0. The Hall–Kier alpha value is -3.40. The number of nitro benzene ring substituents is 1. The van der Waals surface area contributed by atoms with Crippen LogP contribution < -0.4 is 10.0 Å². The molecule has 0 fully saturated rings. The smallest absolute Gasteiger partial charge is 0.294 e. The van der Waals surface area contributed by atoms with Crippen molar-refractivity contribution in [3.63, 3.8) is 0 Å². The number of hydrogen-bond acceptors (Lipinski definition) is 6. The third-order valence-corrected chi connectivity index (χ3v) is 6.14. The van der Waals surface area contributed by atoms with Gasteiger partial charge in [-0.1, -0.05) is 30.3 Å². The normalized spacial score (nSPS) is 14.6. The molecule has 26 heavy (non-hydrogen) atoms. The number of sulfonamides is 1. The van der Waals surface area contributed by atoms with Crippen LogP contribution in [0, 0.1) is 10.1 Å². The molecule has 2 heterocycles. The predicted molar refractivity (Wildman–Crippen MR) is 95.7 cm³/mol. The fourth-order valence-electron chi connectivity index (χ4n) is 3.04. The van der Waals surface area contributed by atoms with Crippen molar-refractivity contribution in [1.29, 1.82) is 0 Å². The zero-order chi connectivity index (χ0) is 18.6. The fraction of sp³-hybridized carbons (Fsp3) is 0.0625. The monoisotopic (exact) mass is 371 g/mol. The van der Waals surface area contributed by atoms with Crippen molar-refractivity contribution in [1.82, 2.24) is 9.78 Å². The summed E-state index contributed by atoms with van der Waals surface area (Å²) in [7, 11) is -2.50. The Morgan fingerprint density at radius 1 is 1.08 bits per heavy atom. The molecule has 2 aromatic carbocycles. The van der Waals surface area contributed by atoms with Gasteiger partial charge in [0, 0.05) is 18.7 Å². The summed E-state index contributed by atoms with van der Waals surface area (Å²) in [5.41, 5.74) is 7.19. The van der Waals surface area contributed by atoms with E-state index in [9.17, 15) is 18.5 Å². The maximum Gasteiger partial charge on any atom is 0.294 e. The highest BCUT2D eigenvalue weighted by atomic mass is 32.2. The van der Waals surface area contributed by atoms with Crippen LogP contribution in [-0.4, -0.2) is 30.2 Å². The van der Waals surface area contributed by atoms with E-state index in [4.69, 9.17) is 5.73 Å². The predicted octanol–water partition coefficient (Wildman–Crippen LogP) is 2.17. The Kier molecular flexibility index (Phi) is 3.28. The van der Waals surface area contributed by atoms with Gasteiger partial charge in [-0.3, -0.25) is 14.4 Å². The van der Waals surface area contributed by atoms with Crippen LogP contribution in [-0.2, 0) is 10.0 Å². The van der Waals surface area contributed by atoms with Gasteiger partial charge in [0.15, 0.2) is 4.90 Å². The van der Waals surface area contributed by atoms with E-state index in [-0.39, 0.29) is 27.8 Å². The van der Waals surface area contributed by atoms with E-state index in [1.165, 1.54) is 25.2 Å². The summed E-state index contributed by atoms with van der Waals surface area (Å²) in [5, 5.41) is 15.6. The van der Waals surface area contributed by atoms with Crippen LogP contribution in [0.3, 0.4) is 0 Å². The second-order valence-electron chi connectivity index (χ2n) is 5.71. The number of rotatable bonds is 2. The number of nitrogen functional groups attached to an aromatic ring is 1. The fourth-order valence-corrected chi connectivity index (χ4v) is 4.48. The van der Waals surface area contributed by atoms with Gasteiger partial charge in [-0.25, -0.2) is 13.1 Å². The largest absolute Gasteiger partial charge is 0.382 e. The molecule has 132 valence electrons. The molecule has 0 unspecified atom stereocenters. The quantitative estimate of drug-likeness (QED) is 0.544. The van der Waals surface area contributed by atoms with Gasteiger partial charge in [-0.05, 0) is 12.1 Å². The lowest BCUT2D eigenvalue weighted by molar-refractivity contribution is -0.384. The third-order valence-electron chi connectivity index (χ3n) is 4.30. The minimum atomic E-state index is -3.93. The molecule has 0 saturated carbocycles. The first-order chi connectivity index (χ1) is 12.3. The van der Waals surface area contributed by atoms with Crippen LogP contribution in [0.2, 0.25) is 0 Å². The minimum absolute atomic E-state index is 0.0970. The topological polar surface area (TPSA) is 124 Å². The van der Waals surface area contributed by atoms with Crippen LogP contribution in [0.15, 0.2) is 53.4 Å². The lowest BCUT2D eigenvalue weighted by Crippen LogP contribution is -2.30. The van der Waals surface area contributed by atoms with E-state index in [0.29, 0.717) is 11.3 Å². The van der Waals surface area contributed by atoms with E-state index in [0.717, 1.165) is 8.99 Å². The molecule has 10 heteroatoms. The average Bonchev–Trinajstić information content (AvgIpc) is 2.98. The van der Waals surface area contributed by atoms with E-state index in [2.05, 4.69) is 5.10 Å². The van der Waals surface area contributed by atoms with Crippen molar-refractivity contribution in [3.8, 4) is 16.9 Å². The van der Waals surface area contributed by atoms with Gasteiger partial charge in [0.25, 0.3) is 15.7 Å². The van der Waals surface area contributed by atoms with Gasteiger partial charge in [0.2, 0.25) is 0 Å². The zero-order valence-electron chi connectivity index (χ0n) is 13.5. The maximum atomic E-state index is 12.9. The summed E-state index contributed by atoms with van der Waals surface area (Å²) in [5.74, 6) is -0.171. The number of aromatic nitrogens is 2. The van der Waals surface area contributed by atoms with Crippen LogP contribution in [0.25, 0.3) is 16.9 Å². The highest BCUT2D eigenvalue weighted by Gasteiger charge is 2.39. The highest BCUT2D eigenvalue weighted by molar-refractivity contribution is 7.93. The Bertz CT molecular complexity index is 1170. The number of nitro groups is 1. The molecule has 2 N–H and O–H groups in total. The first kappa shape index (κ1) is 16.1. The SMILES string of the molecule is CN1c2ccccc2-c2nn(-c3ccccc3[N+](=O)[O-])c(N)c2S1(=O)=O. The summed E-state index contributed by atoms with van der Waals surface area (Å²) >= 11 is 0. The summed E-state index contributed by atoms with van der Waals surface area (Å²) in [4.78, 5) is 10.6. The first-order valence-corrected chi connectivity index (χ1v) is 8.98. The second-order valence-corrected chi connectivity index (χ2v) is 7.62. The van der Waals surface area contributed by atoms with Crippen LogP contribution in [0.5, 0.6) is 0 Å². The number of para-hydroxylation sites is 3. The van der Waals surface area contributed by atoms with Gasteiger partial charge in [0.1, 0.15) is 17.2 Å². The van der Waals surface area contributed by atoms with Crippen molar-refractivity contribution >= 4 is 27.2 Å². The first-order valence-electron chi connectivity index (χ1n) is 7.54. The summed E-state index contributed by atoms with van der Waals surface area (Å²) in [6, 6.07) is 12.8. The molecule has 0 bridgehead atoms.